The van der Waals surface area contributed by atoms with Gasteiger partial charge in [-0.1, -0.05) is 0 Å². The molecule has 0 unspecified atom stereocenters. The van der Waals surface area contributed by atoms with Crippen molar-refractivity contribution >= 4 is 17.2 Å². The number of thiazole rings is 1. The Hall–Kier alpha value is -1.82. The zero-order chi connectivity index (χ0) is 14.9. The van der Waals surface area contributed by atoms with Gasteiger partial charge < -0.3 is 4.90 Å². The number of rotatable bonds is 3. The molecule has 114 valence electrons. The fourth-order valence-electron chi connectivity index (χ4n) is 2.99. The highest BCUT2D eigenvalue weighted by Gasteiger charge is 2.30. The monoisotopic (exact) mass is 314 g/mol. The Balaban J connectivity index is 1.51. The molecule has 5 nitrogen and oxygen atoms in total. The van der Waals surface area contributed by atoms with Gasteiger partial charge in [0.1, 0.15) is 11.5 Å². The molecule has 2 aromatic heterocycles. The molecule has 2 aliphatic rings. The number of carbonyl (C=O) groups is 1. The molecule has 0 aromatic carbocycles. The van der Waals surface area contributed by atoms with E-state index in [1.54, 1.807) is 23.6 Å². The van der Waals surface area contributed by atoms with E-state index in [2.05, 4.69) is 15.0 Å². The number of aromatic nitrogens is 3. The second-order valence-electron chi connectivity index (χ2n) is 6.04. The summed E-state index contributed by atoms with van der Waals surface area (Å²) in [6.45, 7) is 1.55. The lowest BCUT2D eigenvalue weighted by Crippen LogP contribution is -2.39. The van der Waals surface area contributed by atoms with Gasteiger partial charge in [-0.25, -0.2) is 15.0 Å². The van der Waals surface area contributed by atoms with Gasteiger partial charge >= 0.3 is 0 Å². The van der Waals surface area contributed by atoms with Crippen molar-refractivity contribution in [3.8, 4) is 0 Å². The van der Waals surface area contributed by atoms with E-state index in [1.165, 1.54) is 0 Å². The number of likely N-dealkylation sites (tertiary alicyclic amines) is 1. The minimum Gasteiger partial charge on any atom is -0.337 e. The van der Waals surface area contributed by atoms with Crippen molar-refractivity contribution in [1.29, 1.82) is 0 Å². The fourth-order valence-corrected chi connectivity index (χ4v) is 3.76. The largest absolute Gasteiger partial charge is 0.337 e. The summed E-state index contributed by atoms with van der Waals surface area (Å²) in [4.78, 5) is 27.8. The Kier molecular flexibility index (Phi) is 3.62. The van der Waals surface area contributed by atoms with Crippen molar-refractivity contribution in [3.05, 3.63) is 40.4 Å². The van der Waals surface area contributed by atoms with Crippen LogP contribution in [0, 0.1) is 0 Å². The van der Waals surface area contributed by atoms with Crippen LogP contribution < -0.4 is 0 Å². The number of nitrogens with zero attached hydrogens (tertiary/aromatic N) is 4. The quantitative estimate of drug-likeness (QED) is 0.874. The molecule has 1 aliphatic heterocycles. The van der Waals surface area contributed by atoms with Crippen LogP contribution in [0.15, 0.2) is 23.8 Å². The summed E-state index contributed by atoms with van der Waals surface area (Å²) >= 11 is 1.68. The summed E-state index contributed by atoms with van der Waals surface area (Å²) in [7, 11) is 0. The number of amides is 1. The van der Waals surface area contributed by atoms with Gasteiger partial charge in [0.2, 0.25) is 0 Å². The second kappa shape index (κ2) is 5.76. The minimum absolute atomic E-state index is 0.0329. The minimum atomic E-state index is 0.0329. The third-order valence-electron chi connectivity index (χ3n) is 4.35. The predicted molar refractivity (Wildman–Crippen MR) is 84.0 cm³/mol. The van der Waals surface area contributed by atoms with Crippen LogP contribution in [0.1, 0.15) is 58.8 Å². The highest BCUT2D eigenvalue weighted by Crippen LogP contribution is 2.37. The van der Waals surface area contributed by atoms with Crippen molar-refractivity contribution in [2.24, 2.45) is 0 Å². The van der Waals surface area contributed by atoms with E-state index in [0.717, 1.165) is 49.6 Å². The molecule has 0 bridgehead atoms. The smallest absolute Gasteiger partial charge is 0.272 e. The summed E-state index contributed by atoms with van der Waals surface area (Å²) in [6.07, 6.45) is 7.98. The lowest BCUT2D eigenvalue weighted by Gasteiger charge is -2.31. The van der Waals surface area contributed by atoms with E-state index in [9.17, 15) is 4.79 Å². The van der Waals surface area contributed by atoms with Crippen molar-refractivity contribution in [3.63, 3.8) is 0 Å². The fraction of sp³-hybridized carbons (Fsp3) is 0.500. The van der Waals surface area contributed by atoms with E-state index >= 15 is 0 Å². The first-order valence-corrected chi connectivity index (χ1v) is 8.71. The topological polar surface area (TPSA) is 59.0 Å². The Labute approximate surface area is 133 Å². The van der Waals surface area contributed by atoms with Gasteiger partial charge in [0.05, 0.1) is 5.01 Å². The zero-order valence-corrected chi connectivity index (χ0v) is 13.1. The molecule has 1 amide bonds. The molecular weight excluding hydrogens is 296 g/mol. The van der Waals surface area contributed by atoms with E-state index in [1.807, 2.05) is 16.5 Å². The molecule has 6 heteroatoms. The first-order valence-electron chi connectivity index (χ1n) is 7.83. The lowest BCUT2D eigenvalue weighted by atomic mass is 9.98. The average molecular weight is 314 g/mol. The van der Waals surface area contributed by atoms with E-state index in [0.29, 0.717) is 17.5 Å². The SMILES string of the molecule is O=C(c1ccnc(C2CC2)n1)N1CCC[C@H](c2nccs2)C1. The van der Waals surface area contributed by atoms with Gasteiger partial charge in [-0.2, -0.15) is 0 Å². The van der Waals surface area contributed by atoms with Crippen LogP contribution in [-0.4, -0.2) is 38.8 Å². The maximum absolute atomic E-state index is 12.7. The summed E-state index contributed by atoms with van der Waals surface area (Å²) in [5.74, 6) is 1.70. The van der Waals surface area contributed by atoms with Crippen LogP contribution in [0.25, 0.3) is 0 Å². The maximum Gasteiger partial charge on any atom is 0.272 e. The first-order chi connectivity index (χ1) is 10.8. The highest BCUT2D eigenvalue weighted by atomic mass is 32.1. The molecule has 0 radical (unpaired) electrons. The van der Waals surface area contributed by atoms with Gasteiger partial charge in [-0.05, 0) is 31.7 Å². The van der Waals surface area contributed by atoms with Crippen LogP contribution in [0.4, 0.5) is 0 Å². The molecule has 0 N–H and O–H groups in total. The van der Waals surface area contributed by atoms with E-state index < -0.39 is 0 Å². The second-order valence-corrected chi connectivity index (χ2v) is 6.96. The Bertz CT molecular complexity index is 669. The van der Waals surface area contributed by atoms with Gasteiger partial charge in [-0.3, -0.25) is 4.79 Å². The van der Waals surface area contributed by atoms with Crippen molar-refractivity contribution in [2.75, 3.05) is 13.1 Å². The number of hydrogen-bond donors (Lipinski definition) is 0. The van der Waals surface area contributed by atoms with Crippen LogP contribution in [0.5, 0.6) is 0 Å². The molecule has 3 heterocycles. The molecule has 2 aromatic rings. The Morgan fingerprint density at radius 2 is 2.09 bits per heavy atom. The molecule has 2 fully saturated rings. The van der Waals surface area contributed by atoms with Crippen molar-refractivity contribution in [1.82, 2.24) is 19.9 Å². The van der Waals surface area contributed by atoms with E-state index in [-0.39, 0.29) is 5.91 Å². The lowest BCUT2D eigenvalue weighted by molar-refractivity contribution is 0.0700. The number of piperidine rings is 1. The van der Waals surface area contributed by atoms with Gasteiger partial charge in [-0.15, -0.1) is 11.3 Å². The molecule has 1 saturated carbocycles. The van der Waals surface area contributed by atoms with E-state index in [4.69, 9.17) is 0 Å². The molecule has 1 atom stereocenters. The summed E-state index contributed by atoms with van der Waals surface area (Å²) < 4.78 is 0. The van der Waals surface area contributed by atoms with Gasteiger partial charge in [0.15, 0.2) is 0 Å². The van der Waals surface area contributed by atoms with Gasteiger partial charge in [0, 0.05) is 42.7 Å². The first kappa shape index (κ1) is 13.8. The molecule has 1 saturated heterocycles. The number of carbonyl (C=O) groups excluding carboxylic acids is 1. The average Bonchev–Trinajstić information content (AvgIpc) is 3.29. The normalized spacial score (nSPS) is 21.8. The molecular formula is C16H18N4OS. The van der Waals surface area contributed by atoms with Crippen LogP contribution in [-0.2, 0) is 0 Å². The summed E-state index contributed by atoms with van der Waals surface area (Å²) in [6, 6.07) is 1.74. The van der Waals surface area contributed by atoms with Gasteiger partial charge in [0.25, 0.3) is 5.91 Å². The van der Waals surface area contributed by atoms with Crippen LogP contribution in [0.2, 0.25) is 0 Å². The van der Waals surface area contributed by atoms with Crippen molar-refractivity contribution < 1.29 is 4.79 Å². The Morgan fingerprint density at radius 1 is 1.18 bits per heavy atom. The summed E-state index contributed by atoms with van der Waals surface area (Å²) in [5.41, 5.74) is 0.539. The molecule has 4 rings (SSSR count). The standard InChI is InChI=1S/C16H18N4OS/c21-16(13-5-6-17-14(19-13)11-3-4-11)20-8-1-2-12(10-20)15-18-7-9-22-15/h5-7,9,11-12H,1-4,8,10H2/t12-/m0/s1. The van der Waals surface area contributed by atoms with Crippen LogP contribution in [0.3, 0.4) is 0 Å². The van der Waals surface area contributed by atoms with Crippen molar-refractivity contribution in [2.45, 2.75) is 37.5 Å². The molecule has 22 heavy (non-hydrogen) atoms. The highest BCUT2D eigenvalue weighted by molar-refractivity contribution is 7.09. The third kappa shape index (κ3) is 2.75. The predicted octanol–water partition coefficient (Wildman–Crippen LogP) is 2.83. The third-order valence-corrected chi connectivity index (χ3v) is 5.28. The van der Waals surface area contributed by atoms with Crippen LogP contribution >= 0.6 is 11.3 Å². The zero-order valence-electron chi connectivity index (χ0n) is 12.3. The molecule has 0 spiro atoms. The maximum atomic E-state index is 12.7. The molecule has 1 aliphatic carbocycles. The number of hydrogen-bond acceptors (Lipinski definition) is 5. The Morgan fingerprint density at radius 3 is 2.86 bits per heavy atom. The summed E-state index contributed by atoms with van der Waals surface area (Å²) in [5, 5.41) is 3.14.